The van der Waals surface area contributed by atoms with E-state index in [0.29, 0.717) is 17.9 Å². The Morgan fingerprint density at radius 3 is 2.54 bits per heavy atom. The molecule has 2 atom stereocenters. The highest BCUT2D eigenvalue weighted by Crippen LogP contribution is 2.50. The summed E-state index contributed by atoms with van der Waals surface area (Å²) in [6, 6.07) is 9.04. The van der Waals surface area contributed by atoms with Crippen molar-refractivity contribution in [2.24, 2.45) is 5.92 Å². The van der Waals surface area contributed by atoms with Crippen LogP contribution < -0.4 is 0 Å². The first-order chi connectivity index (χ1) is 13.6. The van der Waals surface area contributed by atoms with Crippen LogP contribution in [0.4, 0.5) is 0 Å². The third-order valence-electron chi connectivity index (χ3n) is 6.99. The van der Waals surface area contributed by atoms with Gasteiger partial charge in [-0.1, -0.05) is 29.8 Å². The molecule has 0 spiro atoms. The summed E-state index contributed by atoms with van der Waals surface area (Å²) < 4.78 is 5.53. The number of morpholine rings is 1. The van der Waals surface area contributed by atoms with E-state index in [4.69, 9.17) is 4.74 Å². The van der Waals surface area contributed by atoms with Gasteiger partial charge in [-0.15, -0.1) is 0 Å². The molecule has 28 heavy (non-hydrogen) atoms. The third-order valence-corrected chi connectivity index (χ3v) is 6.99. The van der Waals surface area contributed by atoms with E-state index < -0.39 is 0 Å². The van der Waals surface area contributed by atoms with Gasteiger partial charge in [0.05, 0.1) is 18.6 Å². The largest absolute Gasteiger partial charge is 0.396 e. The molecule has 0 bridgehead atoms. The maximum Gasteiger partial charge on any atom is 0.233 e. The number of aliphatic hydroxyl groups excluding tert-OH is 1. The van der Waals surface area contributed by atoms with Gasteiger partial charge in [0, 0.05) is 38.8 Å². The number of hydrogen-bond acceptors (Lipinski definition) is 4. The second-order valence-corrected chi connectivity index (χ2v) is 8.83. The van der Waals surface area contributed by atoms with E-state index in [-0.39, 0.29) is 12.0 Å². The van der Waals surface area contributed by atoms with Crippen LogP contribution in [0.2, 0.25) is 0 Å². The van der Waals surface area contributed by atoms with Gasteiger partial charge >= 0.3 is 0 Å². The van der Waals surface area contributed by atoms with E-state index in [1.54, 1.807) is 0 Å². The van der Waals surface area contributed by atoms with Gasteiger partial charge in [0.25, 0.3) is 0 Å². The molecular weight excluding hydrogens is 352 g/mol. The molecule has 5 nitrogen and oxygen atoms in total. The van der Waals surface area contributed by atoms with Gasteiger partial charge in [-0.25, -0.2) is 0 Å². The number of benzene rings is 1. The van der Waals surface area contributed by atoms with E-state index in [1.165, 1.54) is 11.1 Å². The number of rotatable bonds is 6. The number of ether oxygens (including phenoxy) is 1. The summed E-state index contributed by atoms with van der Waals surface area (Å²) in [4.78, 5) is 18.2. The number of piperidine rings is 1. The molecule has 5 heteroatoms. The second-order valence-electron chi connectivity index (χ2n) is 8.83. The standard InChI is InChI=1S/C23H34N2O3/c1-18-4-6-20(7-5-18)23(9-10-23)22(27)25-11-8-21(19(17-25)3-2-14-26)24-12-15-28-16-13-24/h4-7,19,21,26H,2-3,8-17H2,1H3/t19-,21+/m1/s1. The number of carbonyl (C=O) groups excluding carboxylic acids is 1. The number of likely N-dealkylation sites (tertiary alicyclic amines) is 1. The number of amides is 1. The normalized spacial score (nSPS) is 27.6. The summed E-state index contributed by atoms with van der Waals surface area (Å²) in [7, 11) is 0. The monoisotopic (exact) mass is 386 g/mol. The van der Waals surface area contributed by atoms with Crippen LogP contribution in [0.5, 0.6) is 0 Å². The maximum absolute atomic E-state index is 13.5. The summed E-state index contributed by atoms with van der Waals surface area (Å²) >= 11 is 0. The first kappa shape index (κ1) is 19.9. The summed E-state index contributed by atoms with van der Waals surface area (Å²) in [5.74, 6) is 0.766. The van der Waals surface area contributed by atoms with Crippen molar-refractivity contribution in [2.75, 3.05) is 46.0 Å². The molecule has 1 saturated carbocycles. The first-order valence-corrected chi connectivity index (χ1v) is 10.9. The average molecular weight is 387 g/mol. The molecule has 2 heterocycles. The van der Waals surface area contributed by atoms with Gasteiger partial charge < -0.3 is 14.7 Å². The van der Waals surface area contributed by atoms with Crippen LogP contribution in [0.25, 0.3) is 0 Å². The Kier molecular flexibility index (Phi) is 6.04. The molecular formula is C23H34N2O3. The number of aryl methyl sites for hydroxylation is 1. The SMILES string of the molecule is Cc1ccc(C2(C(=O)N3CC[C@H](N4CCOCC4)[C@H](CCCO)C3)CC2)cc1. The lowest BCUT2D eigenvalue weighted by Crippen LogP contribution is -2.56. The number of hydrogen-bond donors (Lipinski definition) is 1. The van der Waals surface area contributed by atoms with E-state index in [9.17, 15) is 9.90 Å². The summed E-state index contributed by atoms with van der Waals surface area (Å²) in [6.07, 6.45) is 4.78. The van der Waals surface area contributed by atoms with Crippen LogP contribution >= 0.6 is 0 Å². The lowest BCUT2D eigenvalue weighted by Gasteiger charge is -2.46. The Balaban J connectivity index is 1.46. The fraction of sp³-hybridized carbons (Fsp3) is 0.696. The van der Waals surface area contributed by atoms with E-state index >= 15 is 0 Å². The van der Waals surface area contributed by atoms with E-state index in [1.807, 2.05) is 0 Å². The fourth-order valence-corrected chi connectivity index (χ4v) is 5.16. The van der Waals surface area contributed by atoms with Crippen molar-refractivity contribution in [1.29, 1.82) is 0 Å². The minimum atomic E-state index is -0.277. The Bertz CT molecular complexity index is 665. The number of carbonyl (C=O) groups is 1. The van der Waals surface area contributed by atoms with E-state index in [2.05, 4.69) is 41.0 Å². The molecule has 154 valence electrons. The van der Waals surface area contributed by atoms with Crippen LogP contribution in [-0.2, 0) is 14.9 Å². The maximum atomic E-state index is 13.5. The number of aliphatic hydroxyl groups is 1. The van der Waals surface area contributed by atoms with Gasteiger partial charge in [0.2, 0.25) is 5.91 Å². The minimum absolute atomic E-state index is 0.230. The zero-order valence-electron chi connectivity index (χ0n) is 17.1. The van der Waals surface area contributed by atoms with Crippen molar-refractivity contribution < 1.29 is 14.6 Å². The molecule has 3 fully saturated rings. The molecule has 1 N–H and O–H groups in total. The number of nitrogens with zero attached hydrogens (tertiary/aromatic N) is 2. The van der Waals surface area contributed by atoms with Gasteiger partial charge in [-0.2, -0.15) is 0 Å². The van der Waals surface area contributed by atoms with Crippen molar-refractivity contribution >= 4 is 5.91 Å². The predicted molar refractivity (Wildman–Crippen MR) is 109 cm³/mol. The highest BCUT2D eigenvalue weighted by molar-refractivity contribution is 5.91. The molecule has 3 aliphatic rings. The Morgan fingerprint density at radius 2 is 1.89 bits per heavy atom. The van der Waals surface area contributed by atoms with Crippen LogP contribution in [0.3, 0.4) is 0 Å². The van der Waals surface area contributed by atoms with Crippen LogP contribution in [-0.4, -0.2) is 72.9 Å². The van der Waals surface area contributed by atoms with Crippen LogP contribution in [0, 0.1) is 12.8 Å². The van der Waals surface area contributed by atoms with Gasteiger partial charge in [0.1, 0.15) is 0 Å². The molecule has 0 radical (unpaired) electrons. The summed E-state index contributed by atoms with van der Waals surface area (Å²) in [6.45, 7) is 7.59. The van der Waals surface area contributed by atoms with Crippen LogP contribution in [0.15, 0.2) is 24.3 Å². The average Bonchev–Trinajstić information content (AvgIpc) is 3.54. The lowest BCUT2D eigenvalue weighted by atomic mass is 9.85. The zero-order chi connectivity index (χ0) is 19.6. The predicted octanol–water partition coefficient (Wildman–Crippen LogP) is 2.35. The first-order valence-electron chi connectivity index (χ1n) is 10.9. The molecule has 0 aromatic heterocycles. The van der Waals surface area contributed by atoms with Crippen LogP contribution in [0.1, 0.15) is 43.2 Å². The molecule has 4 rings (SSSR count). The van der Waals surface area contributed by atoms with Crippen molar-refractivity contribution in [3.8, 4) is 0 Å². The quantitative estimate of drug-likeness (QED) is 0.815. The molecule has 2 saturated heterocycles. The topological polar surface area (TPSA) is 53.0 Å². The minimum Gasteiger partial charge on any atom is -0.396 e. The van der Waals surface area contributed by atoms with Crippen molar-refractivity contribution in [3.05, 3.63) is 35.4 Å². The van der Waals surface area contributed by atoms with Gasteiger partial charge in [-0.05, 0) is 50.5 Å². The molecule has 1 aliphatic carbocycles. The van der Waals surface area contributed by atoms with E-state index in [0.717, 1.165) is 71.5 Å². The van der Waals surface area contributed by atoms with Crippen molar-refractivity contribution in [3.63, 3.8) is 0 Å². The summed E-state index contributed by atoms with van der Waals surface area (Å²) in [5.41, 5.74) is 2.15. The summed E-state index contributed by atoms with van der Waals surface area (Å²) in [5, 5.41) is 9.36. The Hall–Kier alpha value is -1.43. The second kappa shape index (κ2) is 8.52. The smallest absolute Gasteiger partial charge is 0.233 e. The Labute approximate surface area is 168 Å². The highest BCUT2D eigenvalue weighted by Gasteiger charge is 2.53. The molecule has 1 aromatic rings. The highest BCUT2D eigenvalue weighted by atomic mass is 16.5. The van der Waals surface area contributed by atoms with Crippen molar-refractivity contribution in [1.82, 2.24) is 9.80 Å². The van der Waals surface area contributed by atoms with Crippen molar-refractivity contribution in [2.45, 2.75) is 50.5 Å². The van der Waals surface area contributed by atoms with Gasteiger partial charge in [-0.3, -0.25) is 9.69 Å². The lowest BCUT2D eigenvalue weighted by molar-refractivity contribution is -0.137. The molecule has 2 aliphatic heterocycles. The fourth-order valence-electron chi connectivity index (χ4n) is 5.16. The van der Waals surface area contributed by atoms with Gasteiger partial charge in [0.15, 0.2) is 0 Å². The molecule has 0 unspecified atom stereocenters. The third kappa shape index (κ3) is 3.98. The molecule has 1 amide bonds. The zero-order valence-corrected chi connectivity index (χ0v) is 17.1. The molecule has 1 aromatic carbocycles. The Morgan fingerprint density at radius 1 is 1.18 bits per heavy atom.